The highest BCUT2D eigenvalue weighted by atomic mass is 79.9. The summed E-state index contributed by atoms with van der Waals surface area (Å²) in [5.41, 5.74) is 1.07. The molecule has 100 valence electrons. The summed E-state index contributed by atoms with van der Waals surface area (Å²) in [6, 6.07) is 4.23. The molecule has 1 heterocycles. The Morgan fingerprint density at radius 3 is 2.74 bits per heavy atom. The maximum Gasteiger partial charge on any atom is 0.156 e. The van der Waals surface area contributed by atoms with Gasteiger partial charge in [-0.05, 0) is 41.9 Å². The van der Waals surface area contributed by atoms with E-state index in [1.54, 1.807) is 6.07 Å². The van der Waals surface area contributed by atoms with Gasteiger partial charge in [0.15, 0.2) is 5.15 Å². The van der Waals surface area contributed by atoms with Gasteiger partial charge in [-0.25, -0.2) is 9.37 Å². The van der Waals surface area contributed by atoms with Crippen LogP contribution in [-0.2, 0) is 0 Å². The van der Waals surface area contributed by atoms with Crippen molar-refractivity contribution >= 4 is 27.5 Å². The minimum absolute atomic E-state index is 0.0808. The van der Waals surface area contributed by atoms with Crippen LogP contribution in [0.1, 0.15) is 13.8 Å². The van der Waals surface area contributed by atoms with Gasteiger partial charge in [0, 0.05) is 11.6 Å². The molecule has 0 spiro atoms. The molecule has 6 heteroatoms. The minimum Gasteiger partial charge on any atom is -0.490 e. The van der Waals surface area contributed by atoms with Gasteiger partial charge in [-0.1, -0.05) is 11.6 Å². The summed E-state index contributed by atoms with van der Waals surface area (Å²) in [7, 11) is 0. The van der Waals surface area contributed by atoms with Gasteiger partial charge in [-0.3, -0.25) is 4.98 Å². The Hall–Kier alpha value is -1.20. The van der Waals surface area contributed by atoms with E-state index in [2.05, 4.69) is 25.9 Å². The molecule has 0 N–H and O–H groups in total. The highest BCUT2D eigenvalue weighted by Gasteiger charge is 2.14. The number of halogens is 3. The van der Waals surface area contributed by atoms with Crippen molar-refractivity contribution in [2.45, 2.75) is 20.0 Å². The fraction of sp³-hybridized carbons (Fsp3) is 0.231. The lowest BCUT2D eigenvalue weighted by atomic mass is 10.1. The molecule has 1 aromatic carbocycles. The van der Waals surface area contributed by atoms with E-state index in [-0.39, 0.29) is 17.1 Å². The van der Waals surface area contributed by atoms with Crippen LogP contribution in [0.15, 0.2) is 29.0 Å². The molecular formula is C13H11BrClFN2O. The summed E-state index contributed by atoms with van der Waals surface area (Å²) >= 11 is 9.25. The number of rotatable bonds is 3. The number of ether oxygens (including phenoxy) is 1. The van der Waals surface area contributed by atoms with Crippen molar-refractivity contribution in [3.63, 3.8) is 0 Å². The first-order valence-electron chi connectivity index (χ1n) is 5.62. The van der Waals surface area contributed by atoms with Crippen molar-refractivity contribution in [2.24, 2.45) is 0 Å². The zero-order valence-electron chi connectivity index (χ0n) is 10.3. The van der Waals surface area contributed by atoms with Gasteiger partial charge < -0.3 is 4.74 Å². The standard InChI is InChI=1S/C13H11BrClFN2O/c1-7(2)19-10-5-8(16)3-4-9(10)12-13(15)18-11(14)6-17-12/h3-7H,1-2H3. The first kappa shape index (κ1) is 14.2. The lowest BCUT2D eigenvalue weighted by Gasteiger charge is -2.14. The molecule has 0 fully saturated rings. The topological polar surface area (TPSA) is 35.0 Å². The van der Waals surface area contributed by atoms with Crippen molar-refractivity contribution in [3.8, 4) is 17.0 Å². The van der Waals surface area contributed by atoms with Crippen molar-refractivity contribution in [1.29, 1.82) is 0 Å². The zero-order valence-corrected chi connectivity index (χ0v) is 12.7. The third-order valence-corrected chi connectivity index (χ3v) is 2.91. The molecule has 3 nitrogen and oxygen atoms in total. The molecule has 0 aliphatic rings. The molecule has 0 amide bonds. The molecular weight excluding hydrogens is 335 g/mol. The van der Waals surface area contributed by atoms with E-state index in [9.17, 15) is 4.39 Å². The van der Waals surface area contributed by atoms with Crippen LogP contribution < -0.4 is 4.74 Å². The van der Waals surface area contributed by atoms with Gasteiger partial charge in [-0.15, -0.1) is 0 Å². The van der Waals surface area contributed by atoms with E-state index in [4.69, 9.17) is 16.3 Å². The Kier molecular flexibility index (Phi) is 4.37. The third-order valence-electron chi connectivity index (χ3n) is 2.26. The average molecular weight is 346 g/mol. The largest absolute Gasteiger partial charge is 0.490 e. The van der Waals surface area contributed by atoms with Crippen LogP contribution in [0.3, 0.4) is 0 Å². The molecule has 1 aromatic heterocycles. The van der Waals surface area contributed by atoms with Crippen molar-refractivity contribution in [3.05, 3.63) is 40.0 Å². The summed E-state index contributed by atoms with van der Waals surface area (Å²) in [4.78, 5) is 8.26. The summed E-state index contributed by atoms with van der Waals surface area (Å²) < 4.78 is 19.4. The van der Waals surface area contributed by atoms with E-state index in [0.717, 1.165) is 0 Å². The van der Waals surface area contributed by atoms with E-state index in [0.29, 0.717) is 21.6 Å². The van der Waals surface area contributed by atoms with Gasteiger partial charge in [0.1, 0.15) is 21.9 Å². The maximum absolute atomic E-state index is 13.3. The van der Waals surface area contributed by atoms with Crippen LogP contribution >= 0.6 is 27.5 Å². The third kappa shape index (κ3) is 3.42. The highest BCUT2D eigenvalue weighted by Crippen LogP contribution is 2.34. The monoisotopic (exact) mass is 344 g/mol. The fourth-order valence-corrected chi connectivity index (χ4v) is 2.19. The Labute approximate surface area is 123 Å². The number of aromatic nitrogens is 2. The van der Waals surface area contributed by atoms with Crippen LogP contribution in [0, 0.1) is 5.82 Å². The molecule has 2 rings (SSSR count). The summed E-state index contributed by atoms with van der Waals surface area (Å²) in [6.45, 7) is 3.73. The molecule has 0 bridgehead atoms. The SMILES string of the molecule is CC(C)Oc1cc(F)ccc1-c1ncc(Br)nc1Cl. The molecule has 19 heavy (non-hydrogen) atoms. The maximum atomic E-state index is 13.3. The average Bonchev–Trinajstić information content (AvgIpc) is 2.30. The van der Waals surface area contributed by atoms with Gasteiger partial charge >= 0.3 is 0 Å². The molecule has 0 aliphatic heterocycles. The number of nitrogens with zero attached hydrogens (tertiary/aromatic N) is 2. The second kappa shape index (κ2) is 5.84. The lowest BCUT2D eigenvalue weighted by molar-refractivity contribution is 0.242. The highest BCUT2D eigenvalue weighted by molar-refractivity contribution is 9.10. The van der Waals surface area contributed by atoms with Crippen molar-refractivity contribution in [2.75, 3.05) is 0 Å². The number of benzene rings is 1. The van der Waals surface area contributed by atoms with E-state index in [1.165, 1.54) is 18.3 Å². The molecule has 0 aliphatic carbocycles. The van der Waals surface area contributed by atoms with Crippen LogP contribution in [-0.4, -0.2) is 16.1 Å². The predicted molar refractivity (Wildman–Crippen MR) is 75.9 cm³/mol. The summed E-state index contributed by atoms with van der Waals surface area (Å²) in [5, 5.41) is 0.231. The zero-order chi connectivity index (χ0) is 14.0. The van der Waals surface area contributed by atoms with Gasteiger partial charge in [0.05, 0.1) is 12.3 Å². The first-order chi connectivity index (χ1) is 8.97. The van der Waals surface area contributed by atoms with E-state index >= 15 is 0 Å². The predicted octanol–water partition coefficient (Wildman–Crippen LogP) is 4.49. The van der Waals surface area contributed by atoms with Crippen LogP contribution in [0.25, 0.3) is 11.3 Å². The molecule has 0 saturated heterocycles. The summed E-state index contributed by atoms with van der Waals surface area (Å²) in [6.07, 6.45) is 1.45. The second-order valence-electron chi connectivity index (χ2n) is 4.14. The van der Waals surface area contributed by atoms with Gasteiger partial charge in [0.2, 0.25) is 0 Å². The van der Waals surface area contributed by atoms with Crippen LogP contribution in [0.4, 0.5) is 4.39 Å². The van der Waals surface area contributed by atoms with Crippen LogP contribution in [0.5, 0.6) is 5.75 Å². The number of hydrogen-bond donors (Lipinski definition) is 0. The molecule has 0 unspecified atom stereocenters. The van der Waals surface area contributed by atoms with Gasteiger partial charge in [0.25, 0.3) is 0 Å². The Bertz CT molecular complexity index is 607. The fourth-order valence-electron chi connectivity index (χ4n) is 1.57. The molecule has 0 atom stereocenters. The minimum atomic E-state index is -0.374. The number of hydrogen-bond acceptors (Lipinski definition) is 3. The Morgan fingerprint density at radius 2 is 2.11 bits per heavy atom. The first-order valence-corrected chi connectivity index (χ1v) is 6.79. The van der Waals surface area contributed by atoms with Crippen LogP contribution in [0.2, 0.25) is 5.15 Å². The second-order valence-corrected chi connectivity index (χ2v) is 5.31. The Balaban J connectivity index is 2.54. The van der Waals surface area contributed by atoms with Crippen molar-refractivity contribution in [1.82, 2.24) is 9.97 Å². The summed E-state index contributed by atoms with van der Waals surface area (Å²) in [5.74, 6) is 0.0223. The Morgan fingerprint density at radius 1 is 1.37 bits per heavy atom. The smallest absolute Gasteiger partial charge is 0.156 e. The molecule has 2 aromatic rings. The lowest BCUT2D eigenvalue weighted by Crippen LogP contribution is -2.07. The molecule has 0 radical (unpaired) electrons. The van der Waals surface area contributed by atoms with E-state index in [1.807, 2.05) is 13.8 Å². The van der Waals surface area contributed by atoms with Crippen molar-refractivity contribution < 1.29 is 9.13 Å². The quantitative estimate of drug-likeness (QED) is 0.822. The normalized spacial score (nSPS) is 10.8. The molecule has 0 saturated carbocycles. The van der Waals surface area contributed by atoms with E-state index < -0.39 is 0 Å². The van der Waals surface area contributed by atoms with Gasteiger partial charge in [-0.2, -0.15) is 0 Å².